The highest BCUT2D eigenvalue weighted by atomic mass is 32.2. The summed E-state index contributed by atoms with van der Waals surface area (Å²) >= 11 is 1.36. The molecule has 7 heteroatoms. The lowest BCUT2D eigenvalue weighted by Gasteiger charge is -2.11. The van der Waals surface area contributed by atoms with E-state index >= 15 is 0 Å². The summed E-state index contributed by atoms with van der Waals surface area (Å²) in [7, 11) is 1.63. The lowest BCUT2D eigenvalue weighted by Crippen LogP contribution is -2.05. The van der Waals surface area contributed by atoms with Crippen molar-refractivity contribution in [2.75, 3.05) is 12.9 Å². The second-order valence-electron chi connectivity index (χ2n) is 7.73. The number of pyridine rings is 1. The molecule has 5 rings (SSSR count). The summed E-state index contributed by atoms with van der Waals surface area (Å²) in [6.45, 7) is 0. The first-order valence-corrected chi connectivity index (χ1v) is 12.0. The van der Waals surface area contributed by atoms with E-state index in [0.717, 1.165) is 28.1 Å². The number of rotatable bonds is 8. The molecular weight excluding hydrogens is 456 g/mol. The predicted molar refractivity (Wildman–Crippen MR) is 138 cm³/mol. The van der Waals surface area contributed by atoms with Crippen molar-refractivity contribution in [3.8, 4) is 34.0 Å². The Labute approximate surface area is 207 Å². The van der Waals surface area contributed by atoms with Crippen molar-refractivity contribution in [2.45, 2.75) is 5.16 Å². The first-order valence-electron chi connectivity index (χ1n) is 11.0. The van der Waals surface area contributed by atoms with Crippen molar-refractivity contribution in [1.29, 1.82) is 0 Å². The Morgan fingerprint density at radius 1 is 0.800 bits per heavy atom. The van der Waals surface area contributed by atoms with Crippen molar-refractivity contribution in [3.05, 3.63) is 109 Å². The molecule has 172 valence electrons. The minimum Gasteiger partial charge on any atom is -0.497 e. The molecular formula is C28H22N4O2S. The van der Waals surface area contributed by atoms with Gasteiger partial charge in [-0.3, -0.25) is 14.3 Å². The molecule has 0 bridgehead atoms. The molecule has 0 aliphatic carbocycles. The number of hydrogen-bond donors (Lipinski definition) is 0. The van der Waals surface area contributed by atoms with E-state index in [1.54, 1.807) is 19.5 Å². The van der Waals surface area contributed by atoms with Crippen LogP contribution in [-0.2, 0) is 0 Å². The molecule has 6 nitrogen and oxygen atoms in total. The SMILES string of the molecule is COc1ccc(-n2c(SCC(=O)c3ccc(-c4ccccc4)cc3)nnc2-c2ccncc2)cc1. The van der Waals surface area contributed by atoms with Crippen molar-refractivity contribution in [1.82, 2.24) is 19.7 Å². The van der Waals surface area contributed by atoms with Gasteiger partial charge in [0.05, 0.1) is 12.9 Å². The Balaban J connectivity index is 1.39. The lowest BCUT2D eigenvalue weighted by atomic mass is 10.0. The highest BCUT2D eigenvalue weighted by Crippen LogP contribution is 2.29. The van der Waals surface area contributed by atoms with Crippen LogP contribution in [0.4, 0.5) is 0 Å². The van der Waals surface area contributed by atoms with Gasteiger partial charge in [-0.25, -0.2) is 0 Å². The number of carbonyl (C=O) groups excluding carboxylic acids is 1. The standard InChI is InChI=1S/C28H22N4O2S/c1-34-25-13-11-24(12-14-25)32-27(23-15-17-29-18-16-23)30-31-28(32)35-19-26(33)22-9-7-21(8-10-22)20-5-3-2-4-6-20/h2-18H,19H2,1H3. The van der Waals surface area contributed by atoms with Gasteiger partial charge in [-0.2, -0.15) is 0 Å². The summed E-state index contributed by atoms with van der Waals surface area (Å²) in [5.74, 6) is 1.72. The number of hydrogen-bond acceptors (Lipinski definition) is 6. The van der Waals surface area contributed by atoms with Gasteiger partial charge in [0.15, 0.2) is 16.8 Å². The maximum Gasteiger partial charge on any atom is 0.196 e. The van der Waals surface area contributed by atoms with Gasteiger partial charge >= 0.3 is 0 Å². The van der Waals surface area contributed by atoms with Crippen LogP contribution in [0.3, 0.4) is 0 Å². The second kappa shape index (κ2) is 10.4. The summed E-state index contributed by atoms with van der Waals surface area (Å²) < 4.78 is 7.25. The number of thioether (sulfide) groups is 1. The molecule has 0 atom stereocenters. The number of aromatic nitrogens is 4. The molecule has 0 unspecified atom stereocenters. The quantitative estimate of drug-likeness (QED) is 0.202. The van der Waals surface area contributed by atoms with Crippen LogP contribution < -0.4 is 4.74 Å². The van der Waals surface area contributed by atoms with Gasteiger partial charge < -0.3 is 4.74 Å². The smallest absolute Gasteiger partial charge is 0.196 e. The first-order chi connectivity index (χ1) is 17.2. The zero-order valence-electron chi connectivity index (χ0n) is 19.0. The van der Waals surface area contributed by atoms with E-state index in [-0.39, 0.29) is 11.5 Å². The summed E-state index contributed by atoms with van der Waals surface area (Å²) in [5.41, 5.74) is 4.64. The van der Waals surface area contributed by atoms with E-state index in [1.807, 2.05) is 83.4 Å². The molecule has 0 saturated carbocycles. The van der Waals surface area contributed by atoms with Crippen molar-refractivity contribution in [2.24, 2.45) is 0 Å². The van der Waals surface area contributed by atoms with Gasteiger partial charge in [0, 0.05) is 29.2 Å². The second-order valence-corrected chi connectivity index (χ2v) is 8.67. The van der Waals surface area contributed by atoms with Crippen molar-refractivity contribution >= 4 is 17.5 Å². The largest absolute Gasteiger partial charge is 0.497 e. The number of ether oxygens (including phenoxy) is 1. The van der Waals surface area contributed by atoms with Crippen molar-refractivity contribution < 1.29 is 9.53 Å². The molecule has 5 aromatic rings. The Morgan fingerprint density at radius 3 is 2.17 bits per heavy atom. The van der Waals surface area contributed by atoms with Gasteiger partial charge in [-0.1, -0.05) is 66.4 Å². The maximum absolute atomic E-state index is 13.0. The molecule has 0 fully saturated rings. The minimum atomic E-state index is 0.0318. The third-order valence-corrected chi connectivity index (χ3v) is 6.48. The fourth-order valence-electron chi connectivity index (χ4n) is 3.71. The molecule has 0 spiro atoms. The molecule has 0 saturated heterocycles. The zero-order valence-corrected chi connectivity index (χ0v) is 19.9. The number of Topliss-reactive ketones (excluding diaryl/α,β-unsaturated/α-hetero) is 1. The molecule has 0 N–H and O–H groups in total. The number of nitrogens with zero attached hydrogens (tertiary/aromatic N) is 4. The third-order valence-electron chi connectivity index (χ3n) is 5.55. The fraction of sp³-hybridized carbons (Fsp3) is 0.0714. The molecule has 0 aliphatic rings. The number of methoxy groups -OCH3 is 1. The van der Waals surface area contributed by atoms with Crippen LogP contribution in [0.15, 0.2) is 109 Å². The highest BCUT2D eigenvalue weighted by Gasteiger charge is 2.18. The van der Waals surface area contributed by atoms with E-state index < -0.39 is 0 Å². The van der Waals surface area contributed by atoms with Crippen LogP contribution in [-0.4, -0.2) is 38.4 Å². The average molecular weight is 479 g/mol. The lowest BCUT2D eigenvalue weighted by molar-refractivity contribution is 0.102. The molecule has 35 heavy (non-hydrogen) atoms. The zero-order chi connectivity index (χ0) is 24.0. The highest BCUT2D eigenvalue weighted by molar-refractivity contribution is 7.99. The third kappa shape index (κ3) is 5.00. The van der Waals surface area contributed by atoms with Crippen LogP contribution >= 0.6 is 11.8 Å². The minimum absolute atomic E-state index is 0.0318. The normalized spacial score (nSPS) is 10.8. The molecule has 0 aliphatic heterocycles. The maximum atomic E-state index is 13.0. The first kappa shape index (κ1) is 22.6. The van der Waals surface area contributed by atoms with E-state index in [4.69, 9.17) is 4.74 Å². The van der Waals surface area contributed by atoms with E-state index in [1.165, 1.54) is 11.8 Å². The van der Waals surface area contributed by atoms with Crippen molar-refractivity contribution in [3.63, 3.8) is 0 Å². The Hall–Kier alpha value is -4.23. The van der Waals surface area contributed by atoms with Gasteiger partial charge in [0.2, 0.25) is 0 Å². The Bertz CT molecular complexity index is 1420. The number of ketones is 1. The van der Waals surface area contributed by atoms with E-state index in [2.05, 4.69) is 27.3 Å². The predicted octanol–water partition coefficient (Wildman–Crippen LogP) is 5.98. The van der Waals surface area contributed by atoms with E-state index in [0.29, 0.717) is 16.5 Å². The molecule has 0 radical (unpaired) electrons. The summed E-state index contributed by atoms with van der Waals surface area (Å²) in [5, 5.41) is 9.46. The Kier molecular flexibility index (Phi) is 6.68. The average Bonchev–Trinajstić information content (AvgIpc) is 3.37. The summed E-state index contributed by atoms with van der Waals surface area (Å²) in [6.07, 6.45) is 3.44. The van der Waals surface area contributed by atoms with Gasteiger partial charge in [0.1, 0.15) is 5.75 Å². The molecule has 2 heterocycles. The van der Waals surface area contributed by atoms with Gasteiger partial charge in [0.25, 0.3) is 0 Å². The fourth-order valence-corrected chi connectivity index (χ4v) is 4.55. The topological polar surface area (TPSA) is 69.9 Å². The summed E-state index contributed by atoms with van der Waals surface area (Å²) in [6, 6.07) is 29.3. The van der Waals surface area contributed by atoms with Crippen LogP contribution in [0.5, 0.6) is 5.75 Å². The van der Waals surface area contributed by atoms with Gasteiger partial charge in [-0.05, 0) is 47.5 Å². The van der Waals surface area contributed by atoms with Crippen LogP contribution in [0.2, 0.25) is 0 Å². The molecule has 3 aromatic carbocycles. The van der Waals surface area contributed by atoms with Crippen LogP contribution in [0, 0.1) is 0 Å². The van der Waals surface area contributed by atoms with Gasteiger partial charge in [-0.15, -0.1) is 10.2 Å². The monoisotopic (exact) mass is 478 g/mol. The summed E-state index contributed by atoms with van der Waals surface area (Å²) in [4.78, 5) is 17.1. The van der Waals surface area contributed by atoms with Crippen LogP contribution in [0.1, 0.15) is 10.4 Å². The molecule has 0 amide bonds. The number of carbonyl (C=O) groups is 1. The number of benzene rings is 3. The van der Waals surface area contributed by atoms with Crippen LogP contribution in [0.25, 0.3) is 28.2 Å². The Morgan fingerprint density at radius 2 is 1.49 bits per heavy atom. The molecule has 2 aromatic heterocycles. The van der Waals surface area contributed by atoms with E-state index in [9.17, 15) is 4.79 Å².